The molecule has 0 spiro atoms. The highest BCUT2D eigenvalue weighted by molar-refractivity contribution is 5.45. The summed E-state index contributed by atoms with van der Waals surface area (Å²) in [5, 5.41) is 0. The summed E-state index contributed by atoms with van der Waals surface area (Å²) in [6, 6.07) is 10.9. The quantitative estimate of drug-likeness (QED) is 0.739. The number of benzene rings is 1. The van der Waals surface area contributed by atoms with Crippen LogP contribution in [0.25, 0.3) is 0 Å². The Morgan fingerprint density at radius 3 is 2.50 bits per heavy atom. The molecule has 18 heavy (non-hydrogen) atoms. The van der Waals surface area contributed by atoms with E-state index in [0.29, 0.717) is 0 Å². The van der Waals surface area contributed by atoms with Gasteiger partial charge in [-0.2, -0.15) is 0 Å². The number of hydrogen-bond acceptors (Lipinski definition) is 1. The lowest BCUT2D eigenvalue weighted by Crippen LogP contribution is -2.50. The topological polar surface area (TPSA) is 3.24 Å². The molecule has 2 heteroatoms. The van der Waals surface area contributed by atoms with Crippen LogP contribution in [-0.4, -0.2) is 43.8 Å². The fraction of sp³-hybridized carbons (Fsp3) is 0.625. The van der Waals surface area contributed by atoms with E-state index in [1.54, 1.807) is 0 Å². The third kappa shape index (κ3) is 3.05. The average molecular weight is 247 g/mol. The van der Waals surface area contributed by atoms with E-state index in [1.165, 1.54) is 62.3 Å². The molecule has 100 valence electrons. The largest absolute Gasteiger partial charge is 0.366 e. The van der Waals surface area contributed by atoms with Crippen molar-refractivity contribution >= 4 is 5.69 Å². The minimum atomic E-state index is 1.21. The van der Waals surface area contributed by atoms with Gasteiger partial charge in [0.1, 0.15) is 0 Å². The molecule has 1 aromatic rings. The maximum atomic E-state index is 2.56. The second-order valence-electron chi connectivity index (χ2n) is 5.50. The van der Waals surface area contributed by atoms with Crippen LogP contribution in [0.1, 0.15) is 26.7 Å². The maximum absolute atomic E-state index is 2.56. The second kappa shape index (κ2) is 6.24. The summed E-state index contributed by atoms with van der Waals surface area (Å²) in [7, 11) is 0. The minimum Gasteiger partial charge on any atom is -0.366 e. The normalized spacial score (nSPS) is 24.9. The summed E-state index contributed by atoms with van der Waals surface area (Å²) >= 11 is 0. The lowest BCUT2D eigenvalue weighted by molar-refractivity contribution is -0.924. The third-order valence-electron chi connectivity index (χ3n) is 4.39. The van der Waals surface area contributed by atoms with Crippen LogP contribution in [0, 0.1) is 0 Å². The fourth-order valence-corrected chi connectivity index (χ4v) is 3.22. The highest BCUT2D eigenvalue weighted by atomic mass is 15.4. The summed E-state index contributed by atoms with van der Waals surface area (Å²) in [5.41, 5.74) is 1.39. The zero-order chi connectivity index (χ0) is 12.8. The van der Waals surface area contributed by atoms with Crippen LogP contribution in [0.5, 0.6) is 0 Å². The lowest BCUT2D eigenvalue weighted by Gasteiger charge is -2.36. The van der Waals surface area contributed by atoms with Crippen molar-refractivity contribution in [2.75, 3.05) is 44.2 Å². The van der Waals surface area contributed by atoms with Gasteiger partial charge in [-0.05, 0) is 25.5 Å². The minimum absolute atomic E-state index is 1.21. The maximum Gasteiger partial charge on any atom is 0.0964 e. The molecule has 1 aliphatic rings. The summed E-state index contributed by atoms with van der Waals surface area (Å²) in [4.78, 5) is 2.56. The van der Waals surface area contributed by atoms with E-state index in [-0.39, 0.29) is 0 Å². The molecule has 0 amide bonds. The molecule has 0 N–H and O–H groups in total. The van der Waals surface area contributed by atoms with Crippen molar-refractivity contribution in [3.8, 4) is 0 Å². The first kappa shape index (κ1) is 13.4. The molecule has 0 aliphatic carbocycles. The van der Waals surface area contributed by atoms with Crippen LogP contribution in [-0.2, 0) is 0 Å². The lowest BCUT2D eigenvalue weighted by atomic mass is 10.2. The van der Waals surface area contributed by atoms with Crippen LogP contribution < -0.4 is 4.90 Å². The highest BCUT2D eigenvalue weighted by Crippen LogP contribution is 2.19. The standard InChI is InChI=1S/C16H27N2/c1-3-13-18(4-2)14-8-11-17(12-15-18)16-9-6-5-7-10-16/h5-7,9-10H,3-4,8,11-15H2,1-2H3/q+1. The summed E-state index contributed by atoms with van der Waals surface area (Å²) in [6.45, 7) is 12.4. The van der Waals surface area contributed by atoms with Crippen molar-refractivity contribution in [2.45, 2.75) is 26.7 Å². The summed E-state index contributed by atoms with van der Waals surface area (Å²) < 4.78 is 1.32. The molecule has 1 aromatic carbocycles. The molecular formula is C16H27N2+. The Labute approximate surface area is 112 Å². The zero-order valence-electron chi connectivity index (χ0n) is 11.9. The number of hydrogen-bond donors (Lipinski definition) is 0. The van der Waals surface area contributed by atoms with Gasteiger partial charge in [0.25, 0.3) is 0 Å². The summed E-state index contributed by atoms with van der Waals surface area (Å²) in [5.74, 6) is 0. The molecule has 1 saturated heterocycles. The number of quaternary nitrogens is 1. The predicted molar refractivity (Wildman–Crippen MR) is 79.0 cm³/mol. The van der Waals surface area contributed by atoms with Gasteiger partial charge in [-0.25, -0.2) is 0 Å². The van der Waals surface area contributed by atoms with Crippen molar-refractivity contribution in [3.05, 3.63) is 30.3 Å². The first-order valence-electron chi connectivity index (χ1n) is 7.45. The van der Waals surface area contributed by atoms with Gasteiger partial charge >= 0.3 is 0 Å². The van der Waals surface area contributed by atoms with E-state index in [1.807, 2.05) is 0 Å². The van der Waals surface area contributed by atoms with Crippen molar-refractivity contribution in [1.82, 2.24) is 0 Å². The SMILES string of the molecule is CCC[N+]1(CC)CCCN(c2ccccc2)CC1. The van der Waals surface area contributed by atoms with Crippen molar-refractivity contribution in [2.24, 2.45) is 0 Å². The first-order chi connectivity index (χ1) is 8.79. The average Bonchev–Trinajstić information content (AvgIpc) is 2.64. The van der Waals surface area contributed by atoms with Gasteiger partial charge in [0.2, 0.25) is 0 Å². The molecule has 1 fully saturated rings. The molecular weight excluding hydrogens is 220 g/mol. The van der Waals surface area contributed by atoms with E-state index in [0.717, 1.165) is 0 Å². The van der Waals surface area contributed by atoms with Gasteiger partial charge in [0.05, 0.1) is 32.7 Å². The molecule has 0 bridgehead atoms. The molecule has 1 unspecified atom stereocenters. The number of nitrogens with zero attached hydrogens (tertiary/aromatic N) is 2. The van der Waals surface area contributed by atoms with Crippen molar-refractivity contribution in [1.29, 1.82) is 0 Å². The fourth-order valence-electron chi connectivity index (χ4n) is 3.22. The Hall–Kier alpha value is -1.02. The van der Waals surface area contributed by atoms with Crippen molar-refractivity contribution < 1.29 is 4.48 Å². The molecule has 1 atom stereocenters. The van der Waals surface area contributed by atoms with E-state index in [4.69, 9.17) is 0 Å². The van der Waals surface area contributed by atoms with Crippen LogP contribution >= 0.6 is 0 Å². The van der Waals surface area contributed by atoms with Crippen molar-refractivity contribution in [3.63, 3.8) is 0 Å². The molecule has 0 radical (unpaired) electrons. The van der Waals surface area contributed by atoms with Gasteiger partial charge in [0, 0.05) is 18.7 Å². The molecule has 1 aliphatic heterocycles. The predicted octanol–water partition coefficient (Wildman–Crippen LogP) is 3.14. The molecule has 1 heterocycles. The van der Waals surface area contributed by atoms with E-state index < -0.39 is 0 Å². The van der Waals surface area contributed by atoms with Gasteiger partial charge in [-0.3, -0.25) is 0 Å². The van der Waals surface area contributed by atoms with Crippen LogP contribution in [0.4, 0.5) is 5.69 Å². The number of para-hydroxylation sites is 1. The van der Waals surface area contributed by atoms with Crippen LogP contribution in [0.2, 0.25) is 0 Å². The van der Waals surface area contributed by atoms with E-state index >= 15 is 0 Å². The summed E-state index contributed by atoms with van der Waals surface area (Å²) in [6.07, 6.45) is 2.63. The zero-order valence-corrected chi connectivity index (χ0v) is 11.9. The Bertz CT molecular complexity index is 349. The van der Waals surface area contributed by atoms with Crippen LogP contribution in [0.15, 0.2) is 30.3 Å². The van der Waals surface area contributed by atoms with Gasteiger partial charge < -0.3 is 9.38 Å². The second-order valence-corrected chi connectivity index (χ2v) is 5.50. The Morgan fingerprint density at radius 1 is 1.06 bits per heavy atom. The Kier molecular flexibility index (Phi) is 4.65. The number of likely N-dealkylation sites (N-methyl/N-ethyl adjacent to an activating group) is 1. The molecule has 0 aromatic heterocycles. The Morgan fingerprint density at radius 2 is 1.83 bits per heavy atom. The third-order valence-corrected chi connectivity index (χ3v) is 4.39. The first-order valence-corrected chi connectivity index (χ1v) is 7.45. The van der Waals surface area contributed by atoms with E-state index in [9.17, 15) is 0 Å². The molecule has 0 saturated carbocycles. The van der Waals surface area contributed by atoms with Gasteiger partial charge in [0.15, 0.2) is 0 Å². The highest BCUT2D eigenvalue weighted by Gasteiger charge is 2.28. The van der Waals surface area contributed by atoms with Gasteiger partial charge in [-0.15, -0.1) is 0 Å². The van der Waals surface area contributed by atoms with E-state index in [2.05, 4.69) is 49.1 Å². The Balaban J connectivity index is 2.04. The number of rotatable bonds is 4. The smallest absolute Gasteiger partial charge is 0.0964 e. The number of anilines is 1. The monoisotopic (exact) mass is 247 g/mol. The molecule has 2 nitrogen and oxygen atoms in total. The molecule has 2 rings (SSSR count). The van der Waals surface area contributed by atoms with Crippen LogP contribution in [0.3, 0.4) is 0 Å². The van der Waals surface area contributed by atoms with Gasteiger partial charge in [-0.1, -0.05) is 25.1 Å².